The van der Waals surface area contributed by atoms with E-state index in [0.29, 0.717) is 24.3 Å². The summed E-state index contributed by atoms with van der Waals surface area (Å²) < 4.78 is 60.0. The molecule has 1 unspecified atom stereocenters. The standard InChI is InChI=1S/C14H17F4NO2/c1-9(19-7-14(17,18)13(15)16)2-3-10-4-5-11-12(6-10)21-8-20-11/h4-6,9,13,19H,2-3,7-8H2,1H3. The Morgan fingerprint density at radius 2 is 1.95 bits per heavy atom. The molecule has 1 N–H and O–H groups in total. The van der Waals surface area contributed by atoms with Crippen LogP contribution in [-0.4, -0.2) is 31.7 Å². The van der Waals surface area contributed by atoms with Gasteiger partial charge in [0.25, 0.3) is 0 Å². The third kappa shape index (κ3) is 4.23. The van der Waals surface area contributed by atoms with Gasteiger partial charge in [-0.1, -0.05) is 6.07 Å². The number of fused-ring (bicyclic) bond motifs is 1. The maximum Gasteiger partial charge on any atom is 0.319 e. The number of halogens is 4. The van der Waals surface area contributed by atoms with Crippen molar-refractivity contribution in [3.63, 3.8) is 0 Å². The summed E-state index contributed by atoms with van der Waals surface area (Å²) >= 11 is 0. The van der Waals surface area contributed by atoms with Crippen molar-refractivity contribution in [3.8, 4) is 11.5 Å². The first-order valence-corrected chi connectivity index (χ1v) is 6.66. The third-order valence-electron chi connectivity index (χ3n) is 3.31. The zero-order chi connectivity index (χ0) is 15.5. The number of benzene rings is 1. The minimum Gasteiger partial charge on any atom is -0.454 e. The number of hydrogen-bond acceptors (Lipinski definition) is 3. The highest BCUT2D eigenvalue weighted by Gasteiger charge is 2.40. The molecule has 118 valence electrons. The first-order valence-electron chi connectivity index (χ1n) is 6.66. The lowest BCUT2D eigenvalue weighted by atomic mass is 10.1. The molecule has 0 saturated carbocycles. The van der Waals surface area contributed by atoms with Gasteiger partial charge in [-0.25, -0.2) is 8.78 Å². The quantitative estimate of drug-likeness (QED) is 0.785. The van der Waals surface area contributed by atoms with Gasteiger partial charge in [0.05, 0.1) is 6.54 Å². The lowest BCUT2D eigenvalue weighted by Gasteiger charge is -2.19. The number of aryl methyl sites for hydroxylation is 1. The van der Waals surface area contributed by atoms with Crippen LogP contribution in [0.15, 0.2) is 18.2 Å². The summed E-state index contributed by atoms with van der Waals surface area (Å²) in [6, 6.07) is 5.21. The summed E-state index contributed by atoms with van der Waals surface area (Å²) in [6.45, 7) is 0.862. The van der Waals surface area contributed by atoms with Gasteiger partial charge >= 0.3 is 12.3 Å². The maximum absolute atomic E-state index is 12.8. The van der Waals surface area contributed by atoms with Crippen LogP contribution in [0.2, 0.25) is 0 Å². The average Bonchev–Trinajstić information content (AvgIpc) is 2.90. The van der Waals surface area contributed by atoms with Crippen molar-refractivity contribution in [1.29, 1.82) is 0 Å². The molecule has 0 amide bonds. The number of nitrogens with one attached hydrogen (secondary N) is 1. The Hall–Kier alpha value is -1.50. The smallest absolute Gasteiger partial charge is 0.319 e. The predicted octanol–water partition coefficient (Wildman–Crippen LogP) is 3.23. The molecule has 1 aromatic rings. The number of rotatable bonds is 7. The molecule has 0 spiro atoms. The molecule has 21 heavy (non-hydrogen) atoms. The van der Waals surface area contributed by atoms with E-state index in [4.69, 9.17) is 9.47 Å². The molecule has 1 aliphatic heterocycles. The highest BCUT2D eigenvalue weighted by molar-refractivity contribution is 5.44. The van der Waals surface area contributed by atoms with Crippen LogP contribution in [0.5, 0.6) is 11.5 Å². The lowest BCUT2D eigenvalue weighted by Crippen LogP contribution is -2.42. The summed E-state index contributed by atoms with van der Waals surface area (Å²) in [7, 11) is 0. The molecule has 0 saturated heterocycles. The Bertz CT molecular complexity index is 482. The van der Waals surface area contributed by atoms with E-state index in [0.717, 1.165) is 5.56 Å². The molecule has 0 aromatic heterocycles. The van der Waals surface area contributed by atoms with Crippen LogP contribution in [0.3, 0.4) is 0 Å². The van der Waals surface area contributed by atoms with E-state index < -0.39 is 18.9 Å². The van der Waals surface area contributed by atoms with Crippen LogP contribution in [0.25, 0.3) is 0 Å². The Morgan fingerprint density at radius 3 is 2.67 bits per heavy atom. The Morgan fingerprint density at radius 1 is 1.24 bits per heavy atom. The normalized spacial score (nSPS) is 15.5. The molecule has 1 aromatic carbocycles. The Kier molecular flexibility index (Phi) is 4.92. The predicted molar refractivity (Wildman–Crippen MR) is 69.3 cm³/mol. The van der Waals surface area contributed by atoms with E-state index in [1.165, 1.54) is 0 Å². The van der Waals surface area contributed by atoms with Crippen molar-refractivity contribution in [3.05, 3.63) is 23.8 Å². The van der Waals surface area contributed by atoms with E-state index in [1.54, 1.807) is 13.0 Å². The molecule has 1 atom stereocenters. The van der Waals surface area contributed by atoms with Crippen molar-refractivity contribution >= 4 is 0 Å². The van der Waals surface area contributed by atoms with Gasteiger partial charge in [-0.2, -0.15) is 8.78 Å². The van der Waals surface area contributed by atoms with Gasteiger partial charge in [0, 0.05) is 6.04 Å². The third-order valence-corrected chi connectivity index (χ3v) is 3.31. The van der Waals surface area contributed by atoms with Crippen molar-refractivity contribution < 1.29 is 27.0 Å². The summed E-state index contributed by atoms with van der Waals surface area (Å²) in [4.78, 5) is 0. The summed E-state index contributed by atoms with van der Waals surface area (Å²) in [5.41, 5.74) is 0.980. The molecule has 0 aliphatic carbocycles. The van der Waals surface area contributed by atoms with Crippen molar-refractivity contribution in [1.82, 2.24) is 5.32 Å². The van der Waals surface area contributed by atoms with Crippen molar-refractivity contribution in [2.45, 2.75) is 38.2 Å². The largest absolute Gasteiger partial charge is 0.454 e. The molecule has 7 heteroatoms. The summed E-state index contributed by atoms with van der Waals surface area (Å²) in [6.07, 6.45) is -2.46. The van der Waals surface area contributed by atoms with E-state index in [9.17, 15) is 17.6 Å². The van der Waals surface area contributed by atoms with E-state index in [1.807, 2.05) is 12.1 Å². The number of hydrogen-bond donors (Lipinski definition) is 1. The van der Waals surface area contributed by atoms with Crippen LogP contribution in [0.1, 0.15) is 18.9 Å². The topological polar surface area (TPSA) is 30.5 Å². The van der Waals surface area contributed by atoms with E-state index in [2.05, 4.69) is 5.32 Å². The van der Waals surface area contributed by atoms with Crippen LogP contribution < -0.4 is 14.8 Å². The van der Waals surface area contributed by atoms with Gasteiger partial charge in [0.15, 0.2) is 11.5 Å². The van der Waals surface area contributed by atoms with E-state index in [-0.39, 0.29) is 12.8 Å². The second-order valence-electron chi connectivity index (χ2n) is 5.07. The molecule has 3 nitrogen and oxygen atoms in total. The lowest BCUT2D eigenvalue weighted by molar-refractivity contribution is -0.126. The van der Waals surface area contributed by atoms with Gasteiger partial charge in [0.1, 0.15) is 0 Å². The summed E-state index contributed by atoms with van der Waals surface area (Å²) in [5, 5.41) is 2.44. The molecule has 0 bridgehead atoms. The van der Waals surface area contributed by atoms with Gasteiger partial charge in [-0.3, -0.25) is 0 Å². The number of ether oxygens (including phenoxy) is 2. The van der Waals surface area contributed by atoms with Crippen molar-refractivity contribution in [2.24, 2.45) is 0 Å². The van der Waals surface area contributed by atoms with Crippen LogP contribution >= 0.6 is 0 Å². The minimum atomic E-state index is -3.99. The fourth-order valence-corrected chi connectivity index (χ4v) is 1.97. The van der Waals surface area contributed by atoms with E-state index >= 15 is 0 Å². The molecule has 1 aliphatic rings. The maximum atomic E-state index is 12.8. The first kappa shape index (κ1) is 15.9. The molecular formula is C14H17F4NO2. The van der Waals surface area contributed by atoms with Gasteiger partial charge < -0.3 is 14.8 Å². The zero-order valence-corrected chi connectivity index (χ0v) is 11.5. The highest BCUT2D eigenvalue weighted by atomic mass is 19.3. The SMILES string of the molecule is CC(CCc1ccc2c(c1)OCO2)NCC(F)(F)C(F)F. The Labute approximate surface area is 120 Å². The Balaban J connectivity index is 1.78. The molecular weight excluding hydrogens is 290 g/mol. The highest BCUT2D eigenvalue weighted by Crippen LogP contribution is 2.32. The van der Waals surface area contributed by atoms with Gasteiger partial charge in [-0.05, 0) is 37.5 Å². The van der Waals surface area contributed by atoms with Gasteiger partial charge in [0.2, 0.25) is 6.79 Å². The van der Waals surface area contributed by atoms with Crippen LogP contribution in [0.4, 0.5) is 17.6 Å². The molecule has 1 heterocycles. The molecule has 2 rings (SSSR count). The average molecular weight is 307 g/mol. The molecule has 0 radical (unpaired) electrons. The second-order valence-corrected chi connectivity index (χ2v) is 5.07. The molecule has 0 fully saturated rings. The monoisotopic (exact) mass is 307 g/mol. The van der Waals surface area contributed by atoms with Gasteiger partial charge in [-0.15, -0.1) is 0 Å². The second kappa shape index (κ2) is 6.51. The fraction of sp³-hybridized carbons (Fsp3) is 0.571. The zero-order valence-electron chi connectivity index (χ0n) is 11.5. The number of alkyl halides is 4. The first-order chi connectivity index (χ1) is 9.88. The fourth-order valence-electron chi connectivity index (χ4n) is 1.97. The van der Waals surface area contributed by atoms with Crippen LogP contribution in [-0.2, 0) is 6.42 Å². The van der Waals surface area contributed by atoms with Crippen LogP contribution in [0, 0.1) is 0 Å². The minimum absolute atomic E-state index is 0.194. The van der Waals surface area contributed by atoms with Crippen molar-refractivity contribution in [2.75, 3.05) is 13.3 Å². The summed E-state index contributed by atoms with van der Waals surface area (Å²) in [5.74, 6) is -2.65.